The summed E-state index contributed by atoms with van der Waals surface area (Å²) in [5, 5.41) is 13.5. The number of allylic oxidation sites excluding steroid dienone is 2. The van der Waals surface area contributed by atoms with Crippen LogP contribution < -0.4 is 29.6 Å². The number of amides is 2. The number of Topliss-reactive ketones (excluding diaryl/α,β-unsaturated/α-hetero) is 2. The second-order valence-corrected chi connectivity index (χ2v) is 44.8. The molecule has 4 aliphatic heterocycles. The number of ether oxygens (including phenoxy) is 10. The van der Waals surface area contributed by atoms with Gasteiger partial charge < -0.3 is 67.8 Å². The molecule has 6 saturated carbocycles. The fraction of sp³-hybridized carbons (Fsp3) is 0.634. The molecule has 2 aromatic carbocycles. The second-order valence-electron chi connectivity index (χ2n) is 42.3. The van der Waals surface area contributed by atoms with Gasteiger partial charge in [0.2, 0.25) is 11.8 Å². The third-order valence-electron chi connectivity index (χ3n) is 28.3. The van der Waals surface area contributed by atoms with Crippen LogP contribution in [0.5, 0.6) is 23.0 Å². The maximum Gasteiger partial charge on any atom is 0.312 e. The van der Waals surface area contributed by atoms with Gasteiger partial charge in [-0.15, -0.1) is 35.8 Å². The normalized spacial score (nSPS) is 26.8. The molecule has 16 atom stereocenters. The summed E-state index contributed by atoms with van der Waals surface area (Å²) in [5.41, 5.74) is -0.103. The molecule has 0 radical (unpaired) electrons. The molecule has 2 N–H and O–H groups in total. The van der Waals surface area contributed by atoms with Gasteiger partial charge in [-0.2, -0.15) is 0 Å². The Kier molecular flexibility index (Phi) is 31.0. The summed E-state index contributed by atoms with van der Waals surface area (Å²) in [4.78, 5) is 148. The zero-order chi connectivity index (χ0) is 95.7. The van der Waals surface area contributed by atoms with Gasteiger partial charge in [-0.3, -0.25) is 48.1 Å². The van der Waals surface area contributed by atoms with E-state index < -0.39 is 81.7 Å². The van der Waals surface area contributed by atoms with E-state index in [-0.39, 0.29) is 134 Å². The molecule has 0 spiro atoms. The van der Waals surface area contributed by atoms with Crippen molar-refractivity contribution in [3.8, 4) is 45.8 Å². The molecule has 10 fully saturated rings. The lowest BCUT2D eigenvalue weighted by Gasteiger charge is -2.41. The molecule has 32 heteroatoms. The Morgan fingerprint density at radius 1 is 0.571 bits per heavy atom. The Hall–Kier alpha value is -8.91. The predicted molar refractivity (Wildman–Crippen MR) is 511 cm³/mol. The van der Waals surface area contributed by atoms with E-state index in [1.165, 1.54) is 67.5 Å². The van der Waals surface area contributed by atoms with E-state index in [0.717, 1.165) is 50.6 Å². The number of nitrogens with zero attached hydrogens (tertiary/aromatic N) is 7. The van der Waals surface area contributed by atoms with Gasteiger partial charge >= 0.3 is 23.9 Å². The Balaban J connectivity index is 0.000000198. The number of hydrogen-bond donors (Lipinski definition) is 2. The molecule has 10 aliphatic rings. The van der Waals surface area contributed by atoms with Crippen LogP contribution in [0.15, 0.2) is 72.5 Å². The van der Waals surface area contributed by atoms with Crippen molar-refractivity contribution in [2.45, 2.75) is 254 Å². The number of pyridine rings is 2. The zero-order valence-electron chi connectivity index (χ0n) is 79.8. The molecule has 2 amide bonds. The second kappa shape index (κ2) is 41.2. The number of carbonyl (C=O) groups excluding carboxylic acids is 9. The van der Waals surface area contributed by atoms with Crippen LogP contribution in [-0.4, -0.2) is 222 Å². The van der Waals surface area contributed by atoms with Crippen LogP contribution in [0.1, 0.15) is 200 Å². The maximum absolute atomic E-state index is 15.0. The molecule has 4 saturated heterocycles. The van der Waals surface area contributed by atoms with Crippen molar-refractivity contribution in [2.75, 3.05) is 90.7 Å². The van der Waals surface area contributed by atoms with Crippen molar-refractivity contribution in [3.05, 3.63) is 82.5 Å². The lowest BCUT2D eigenvalue weighted by molar-refractivity contribution is -0.157. The molecule has 28 nitrogen and oxygen atoms in total. The quantitative estimate of drug-likeness (QED) is 0.0161. The van der Waals surface area contributed by atoms with E-state index in [9.17, 15) is 38.4 Å². The predicted octanol–water partition coefficient (Wildman–Crippen LogP) is 17.7. The minimum Gasteiger partial charge on any atom is -0.491 e. The number of aromatic nitrogens is 4. The highest BCUT2D eigenvalue weighted by molar-refractivity contribution is 7.14. The smallest absolute Gasteiger partial charge is 0.312 e. The van der Waals surface area contributed by atoms with Gasteiger partial charge in [0.25, 0.3) is 0 Å². The van der Waals surface area contributed by atoms with E-state index in [1.807, 2.05) is 98.2 Å². The average molecular weight is 1910 g/mol. The number of nitrogens with one attached hydrogen (secondary N) is 2. The lowest BCUT2D eigenvalue weighted by Crippen LogP contribution is -2.54. The number of carbonyl (C=O) groups is 9. The number of morpholine rings is 1. The summed E-state index contributed by atoms with van der Waals surface area (Å²) in [6.45, 7) is 41.2. The number of likely N-dealkylation sites (tertiary alicyclic amines) is 2. The molecule has 8 heterocycles. The van der Waals surface area contributed by atoms with Crippen LogP contribution >= 0.6 is 45.9 Å². The van der Waals surface area contributed by atoms with Crippen LogP contribution in [-0.2, 0) is 71.6 Å². The van der Waals surface area contributed by atoms with Crippen LogP contribution in [0.2, 0.25) is 10.0 Å². The Bertz CT molecular complexity index is 5310. The lowest BCUT2D eigenvalue weighted by atomic mass is 9.77. The Morgan fingerprint density at radius 2 is 1.01 bits per heavy atom. The molecule has 4 aromatic heterocycles. The van der Waals surface area contributed by atoms with E-state index in [2.05, 4.69) is 56.4 Å². The van der Waals surface area contributed by atoms with Crippen molar-refractivity contribution < 1.29 is 90.5 Å². The summed E-state index contributed by atoms with van der Waals surface area (Å²) in [7, 11) is 2.62. The van der Waals surface area contributed by atoms with Crippen molar-refractivity contribution in [3.63, 3.8) is 0 Å². The van der Waals surface area contributed by atoms with E-state index in [0.29, 0.717) is 147 Å². The fourth-order valence-corrected chi connectivity index (χ4v) is 22.5. The third-order valence-corrected chi connectivity index (χ3v) is 30.6. The standard InChI is InChI=1S/C50H66ClN5O9S.C44H53ClN4O9S.C7H14O/c1-10-31-23-50(31,46(60)61-9)24-39(57)38-20-33(25-56(38)45(59)35(48(4,5)6)21-42(58)65-32-18-29-17-30(29)19-32)64-41-22-36(37-26-66-47(54-37)52-28(2)3)53-44-34(41)11-12-40(43(44)51)63-16-14-55-13-15-62-27-49(55,7)8;1-8-26-19-44(26,41(54)55-7)20-34(51)33-16-28(21-49(33)40(53)30(43(4,5)6)17-37(52)58-27-14-24-13-25(24)15-27)57-36-18-31(32-22-59-42(48-32)46-23(2)3)47-39-29(36)9-10-35(38(39)45)56-12-11-50;1-7(2)4-3-5-8-6-7/h10-12,22,26,28-33,35,38H,1,13-21,23-25,27H2,2-9H3,(H,52,54);8-11,18,22-28,30,33H,1,12-17,19-21H2,2-7H3,(H,46,48);3-6H2,1-2H3/t29-,30+,31-,32?,33-,35-,38+,50?;24-,25+,26-,27?,28-,30-,33+,44?;/m11./s1. The highest BCUT2D eigenvalue weighted by Gasteiger charge is 2.63. The topological polar surface area (TPSA) is 331 Å². The summed E-state index contributed by atoms with van der Waals surface area (Å²) >= 11 is 16.9. The van der Waals surface area contributed by atoms with E-state index >= 15 is 4.79 Å². The largest absolute Gasteiger partial charge is 0.491 e. The number of halogens is 2. The first-order chi connectivity index (χ1) is 63.0. The van der Waals surface area contributed by atoms with Gasteiger partial charge in [-0.25, -0.2) is 19.9 Å². The first-order valence-electron chi connectivity index (χ1n) is 47.2. The van der Waals surface area contributed by atoms with Gasteiger partial charge in [0.05, 0.1) is 117 Å². The SMILES string of the molecule is C=C[C@@H]1CC1(CC(=O)[C@@H]1C[C@@H](Oc2cc(-c3csc(NC(C)C)n3)nc3c(Cl)c(OCC=O)ccc23)CN1C(=O)[C@@H](CC(=O)OC1C[C@@H]2C[C@@H]2C1)C(C)(C)C)C(=O)OC.C=C[C@@H]1CC1(CC(=O)[C@@H]1C[C@@H](Oc2cc(-c3csc(NC(C)C)n3)nc3c(Cl)c(OCCN4CCOCC4(C)C)ccc23)CN1C(=O)[C@@H](CC(=O)OC1C[C@@H]2C[C@@H]2C1)C(C)(C)C)C(=O)OC.CC1(C)CCCOC1. The van der Waals surface area contributed by atoms with E-state index in [1.54, 1.807) is 35.3 Å². The average Bonchev–Trinajstić information content (AvgIpc) is 1.59. The third kappa shape index (κ3) is 23.5. The summed E-state index contributed by atoms with van der Waals surface area (Å²) in [5.74, 6) is -0.999. The van der Waals surface area contributed by atoms with Crippen LogP contribution in [0, 0.1) is 74.4 Å². The van der Waals surface area contributed by atoms with Gasteiger partial charge in [-0.05, 0) is 182 Å². The maximum atomic E-state index is 15.0. The van der Waals surface area contributed by atoms with Crippen molar-refractivity contribution in [1.82, 2.24) is 34.6 Å². The number of anilines is 2. The summed E-state index contributed by atoms with van der Waals surface area (Å²) in [6.07, 6.45) is 11.4. The molecular formula is C101H133Cl2N9O19S2. The Morgan fingerprint density at radius 3 is 1.38 bits per heavy atom. The summed E-state index contributed by atoms with van der Waals surface area (Å²) < 4.78 is 58.8. The minimum atomic E-state index is -1.05. The molecule has 16 rings (SSSR count). The van der Waals surface area contributed by atoms with Gasteiger partial charge in [0.15, 0.2) is 28.1 Å². The number of aldehydes is 1. The highest BCUT2D eigenvalue weighted by Crippen LogP contribution is 2.60. The van der Waals surface area contributed by atoms with Gasteiger partial charge in [-0.1, -0.05) is 90.7 Å². The number of thiazole rings is 2. The van der Waals surface area contributed by atoms with Crippen LogP contribution in [0.3, 0.4) is 0 Å². The zero-order valence-corrected chi connectivity index (χ0v) is 83.0. The van der Waals surface area contributed by atoms with Crippen molar-refractivity contribution >= 4 is 131 Å². The number of hydrogen-bond acceptors (Lipinski definition) is 28. The number of esters is 4. The number of ketones is 2. The molecular weight excluding hydrogens is 1780 g/mol. The number of fused-ring (bicyclic) bond motifs is 4. The first-order valence-corrected chi connectivity index (χ1v) is 49.7. The molecule has 133 heavy (non-hydrogen) atoms. The number of methoxy groups -OCH3 is 2. The molecule has 4 unspecified atom stereocenters. The number of rotatable bonds is 35. The molecule has 722 valence electrons. The molecule has 6 aromatic rings. The molecule has 6 aliphatic carbocycles. The van der Waals surface area contributed by atoms with Crippen LogP contribution in [0.4, 0.5) is 10.3 Å². The monoisotopic (exact) mass is 1910 g/mol. The Labute approximate surface area is 798 Å². The van der Waals surface area contributed by atoms with Crippen molar-refractivity contribution in [1.29, 1.82) is 0 Å². The minimum absolute atomic E-state index is 0.0333. The fourth-order valence-electron chi connectivity index (χ4n) is 20.3. The van der Waals surface area contributed by atoms with E-state index in [4.69, 9.17) is 90.5 Å². The van der Waals surface area contributed by atoms with Gasteiger partial charge in [0.1, 0.15) is 82.1 Å². The first kappa shape index (κ1) is 100. The molecule has 0 bridgehead atoms. The van der Waals surface area contributed by atoms with Gasteiger partial charge in [0, 0.05) is 96.7 Å². The highest BCUT2D eigenvalue weighted by atomic mass is 35.5. The number of benzene rings is 2. The van der Waals surface area contributed by atoms with Crippen molar-refractivity contribution in [2.24, 2.45) is 74.4 Å². The summed E-state index contributed by atoms with van der Waals surface area (Å²) in [6, 6.07) is 9.05. The van der Waals surface area contributed by atoms with Crippen LogP contribution in [0.25, 0.3) is 44.6 Å².